The van der Waals surface area contributed by atoms with Gasteiger partial charge in [0.05, 0.1) is 20.8 Å². The predicted molar refractivity (Wildman–Crippen MR) is 70.7 cm³/mol. The van der Waals surface area contributed by atoms with Gasteiger partial charge in [-0.25, -0.2) is 8.42 Å². The summed E-state index contributed by atoms with van der Waals surface area (Å²) in [7, 11) is -0.892. The Morgan fingerprint density at radius 1 is 1.21 bits per heavy atom. The SMILES string of the molecule is COc1ccc(S(=O)(=O)NOCC(C)C)c(OC)c1. The van der Waals surface area contributed by atoms with Crippen LogP contribution in [0.15, 0.2) is 23.1 Å². The number of rotatable bonds is 7. The number of benzene rings is 1. The highest BCUT2D eigenvalue weighted by Crippen LogP contribution is 2.28. The molecule has 1 aromatic rings. The lowest BCUT2D eigenvalue weighted by Crippen LogP contribution is -2.26. The predicted octanol–water partition coefficient (Wildman–Crippen LogP) is 1.57. The van der Waals surface area contributed by atoms with Crippen molar-refractivity contribution in [3.05, 3.63) is 18.2 Å². The van der Waals surface area contributed by atoms with Crippen LogP contribution in [0.1, 0.15) is 13.8 Å². The van der Waals surface area contributed by atoms with Crippen molar-refractivity contribution in [1.82, 2.24) is 4.89 Å². The normalized spacial score (nSPS) is 11.6. The van der Waals surface area contributed by atoms with Crippen molar-refractivity contribution in [3.8, 4) is 11.5 Å². The smallest absolute Gasteiger partial charge is 0.266 e. The molecular formula is C12H19NO5S. The third-order valence-electron chi connectivity index (χ3n) is 2.25. The number of nitrogens with one attached hydrogen (secondary N) is 1. The van der Waals surface area contributed by atoms with E-state index in [1.807, 2.05) is 13.8 Å². The van der Waals surface area contributed by atoms with Crippen molar-refractivity contribution < 1.29 is 22.7 Å². The van der Waals surface area contributed by atoms with Crippen LogP contribution in [0.4, 0.5) is 0 Å². The first-order chi connectivity index (χ1) is 8.90. The van der Waals surface area contributed by atoms with Gasteiger partial charge in [0.2, 0.25) is 0 Å². The van der Waals surface area contributed by atoms with Gasteiger partial charge in [0.25, 0.3) is 10.0 Å². The quantitative estimate of drug-likeness (QED) is 0.771. The Balaban J connectivity index is 2.94. The summed E-state index contributed by atoms with van der Waals surface area (Å²) in [4.78, 5) is 7.02. The summed E-state index contributed by atoms with van der Waals surface area (Å²) in [5.41, 5.74) is 0. The maximum Gasteiger partial charge on any atom is 0.266 e. The Kier molecular flexibility index (Phi) is 5.59. The van der Waals surface area contributed by atoms with E-state index in [1.54, 1.807) is 6.07 Å². The van der Waals surface area contributed by atoms with Crippen molar-refractivity contribution >= 4 is 10.0 Å². The molecule has 0 aliphatic rings. The van der Waals surface area contributed by atoms with Crippen LogP contribution in [0.25, 0.3) is 0 Å². The van der Waals surface area contributed by atoms with Crippen LogP contribution in [-0.2, 0) is 14.9 Å². The van der Waals surface area contributed by atoms with Gasteiger partial charge in [0, 0.05) is 6.07 Å². The molecule has 0 heterocycles. The summed E-state index contributed by atoms with van der Waals surface area (Å²) >= 11 is 0. The number of ether oxygens (including phenoxy) is 2. The summed E-state index contributed by atoms with van der Waals surface area (Å²) in [5, 5.41) is 0. The Labute approximate surface area is 113 Å². The minimum atomic E-state index is -3.78. The minimum absolute atomic E-state index is 0.000411. The lowest BCUT2D eigenvalue weighted by Gasteiger charge is -2.12. The molecule has 0 aliphatic heterocycles. The lowest BCUT2D eigenvalue weighted by molar-refractivity contribution is 0.0717. The summed E-state index contributed by atoms with van der Waals surface area (Å²) in [5.74, 6) is 0.930. The van der Waals surface area contributed by atoms with Crippen LogP contribution in [0, 0.1) is 5.92 Å². The maximum absolute atomic E-state index is 12.0. The van der Waals surface area contributed by atoms with Gasteiger partial charge >= 0.3 is 0 Å². The minimum Gasteiger partial charge on any atom is -0.497 e. The zero-order chi connectivity index (χ0) is 14.5. The molecule has 0 atom stereocenters. The van der Waals surface area contributed by atoms with Crippen molar-refractivity contribution in [2.75, 3.05) is 20.8 Å². The molecule has 0 fully saturated rings. The molecule has 1 aromatic carbocycles. The molecule has 0 unspecified atom stereocenters. The van der Waals surface area contributed by atoms with E-state index in [0.29, 0.717) is 5.75 Å². The average molecular weight is 289 g/mol. The van der Waals surface area contributed by atoms with Gasteiger partial charge in [-0.05, 0) is 18.1 Å². The fraction of sp³-hybridized carbons (Fsp3) is 0.500. The van der Waals surface area contributed by atoms with Crippen LogP contribution in [0.5, 0.6) is 11.5 Å². The van der Waals surface area contributed by atoms with Crippen LogP contribution >= 0.6 is 0 Å². The summed E-state index contributed by atoms with van der Waals surface area (Å²) in [6.45, 7) is 4.13. The average Bonchev–Trinajstić information content (AvgIpc) is 2.37. The fourth-order valence-electron chi connectivity index (χ4n) is 1.32. The van der Waals surface area contributed by atoms with Gasteiger partial charge in [-0.1, -0.05) is 18.7 Å². The molecule has 7 heteroatoms. The second-order valence-electron chi connectivity index (χ2n) is 4.31. The molecule has 1 N–H and O–H groups in total. The summed E-state index contributed by atoms with van der Waals surface area (Å²) in [6.07, 6.45) is 0. The molecule has 0 saturated heterocycles. The molecule has 0 spiro atoms. The van der Waals surface area contributed by atoms with E-state index in [2.05, 4.69) is 4.89 Å². The third kappa shape index (κ3) is 4.38. The van der Waals surface area contributed by atoms with E-state index in [-0.39, 0.29) is 23.2 Å². The zero-order valence-electron chi connectivity index (χ0n) is 11.5. The van der Waals surface area contributed by atoms with E-state index in [0.717, 1.165) is 0 Å². The molecule has 0 saturated carbocycles. The molecule has 108 valence electrons. The zero-order valence-corrected chi connectivity index (χ0v) is 12.3. The number of hydrogen-bond acceptors (Lipinski definition) is 5. The molecule has 0 amide bonds. The Hall–Kier alpha value is -1.31. The van der Waals surface area contributed by atoms with E-state index in [4.69, 9.17) is 14.3 Å². The second kappa shape index (κ2) is 6.74. The Morgan fingerprint density at radius 2 is 1.89 bits per heavy atom. The summed E-state index contributed by atoms with van der Waals surface area (Å²) < 4.78 is 34.1. The largest absolute Gasteiger partial charge is 0.497 e. The van der Waals surface area contributed by atoms with E-state index in [1.165, 1.54) is 26.4 Å². The van der Waals surface area contributed by atoms with Crippen molar-refractivity contribution in [2.45, 2.75) is 18.7 Å². The van der Waals surface area contributed by atoms with Crippen LogP contribution < -0.4 is 14.4 Å². The lowest BCUT2D eigenvalue weighted by atomic mass is 10.2. The van der Waals surface area contributed by atoms with Gasteiger partial charge in [-0.2, -0.15) is 0 Å². The van der Waals surface area contributed by atoms with Crippen molar-refractivity contribution in [3.63, 3.8) is 0 Å². The Bertz CT molecular complexity index is 513. The first-order valence-electron chi connectivity index (χ1n) is 5.76. The van der Waals surface area contributed by atoms with Gasteiger partial charge in [0.15, 0.2) is 0 Å². The van der Waals surface area contributed by atoms with Gasteiger partial charge in [-0.15, -0.1) is 0 Å². The number of methoxy groups -OCH3 is 2. The molecular weight excluding hydrogens is 270 g/mol. The topological polar surface area (TPSA) is 73.9 Å². The third-order valence-corrected chi connectivity index (χ3v) is 3.50. The standard InChI is InChI=1S/C12H19NO5S/c1-9(2)8-18-13-19(14,15)12-6-5-10(16-3)7-11(12)17-4/h5-7,9,13H,8H2,1-4H3. The molecule has 0 aliphatic carbocycles. The number of sulfonamides is 1. The van der Waals surface area contributed by atoms with Gasteiger partial charge in [0.1, 0.15) is 16.4 Å². The van der Waals surface area contributed by atoms with Crippen molar-refractivity contribution in [1.29, 1.82) is 0 Å². The van der Waals surface area contributed by atoms with Gasteiger partial charge in [-0.3, -0.25) is 4.84 Å². The molecule has 0 aromatic heterocycles. The first-order valence-corrected chi connectivity index (χ1v) is 7.24. The first kappa shape index (κ1) is 15.7. The molecule has 0 radical (unpaired) electrons. The van der Waals surface area contributed by atoms with E-state index in [9.17, 15) is 8.42 Å². The summed E-state index contributed by atoms with van der Waals surface area (Å²) in [6, 6.07) is 4.44. The monoisotopic (exact) mass is 289 g/mol. The van der Waals surface area contributed by atoms with Crippen molar-refractivity contribution in [2.24, 2.45) is 5.92 Å². The number of hydrogen-bond donors (Lipinski definition) is 1. The Morgan fingerprint density at radius 3 is 2.42 bits per heavy atom. The van der Waals surface area contributed by atoms with E-state index >= 15 is 0 Å². The highest BCUT2D eigenvalue weighted by molar-refractivity contribution is 7.89. The molecule has 19 heavy (non-hydrogen) atoms. The van der Waals surface area contributed by atoms with Crippen LogP contribution in [-0.4, -0.2) is 29.2 Å². The van der Waals surface area contributed by atoms with Crippen LogP contribution in [0.2, 0.25) is 0 Å². The highest BCUT2D eigenvalue weighted by Gasteiger charge is 2.20. The molecule has 1 rings (SSSR count). The van der Waals surface area contributed by atoms with E-state index < -0.39 is 10.0 Å². The fourth-order valence-corrected chi connectivity index (χ4v) is 2.29. The maximum atomic E-state index is 12.0. The highest BCUT2D eigenvalue weighted by atomic mass is 32.2. The molecule has 6 nitrogen and oxygen atoms in total. The molecule has 0 bridgehead atoms. The second-order valence-corrected chi connectivity index (χ2v) is 5.92. The van der Waals surface area contributed by atoms with Gasteiger partial charge < -0.3 is 9.47 Å². The van der Waals surface area contributed by atoms with Crippen LogP contribution in [0.3, 0.4) is 0 Å².